The third kappa shape index (κ3) is 1.86. The number of rotatable bonds is 2. The van der Waals surface area contributed by atoms with E-state index in [1.165, 1.54) is 12.8 Å². The molecule has 1 aliphatic rings. The van der Waals surface area contributed by atoms with Crippen molar-refractivity contribution in [3.05, 3.63) is 0 Å². The van der Waals surface area contributed by atoms with E-state index in [0.29, 0.717) is 0 Å². The second kappa shape index (κ2) is 3.62. The van der Waals surface area contributed by atoms with Crippen molar-refractivity contribution >= 4 is 18.6 Å². The van der Waals surface area contributed by atoms with Crippen molar-refractivity contribution < 1.29 is 0 Å². The maximum atomic E-state index is 1.58. The van der Waals surface area contributed by atoms with Crippen molar-refractivity contribution in [1.82, 2.24) is 0 Å². The van der Waals surface area contributed by atoms with Gasteiger partial charge >= 0.3 is 61.6 Å². The number of hydrogen-bond donors (Lipinski definition) is 0. The molecule has 0 unspecified atom stereocenters. The van der Waals surface area contributed by atoms with Crippen LogP contribution in [0, 0.1) is 5.92 Å². The van der Waals surface area contributed by atoms with Crippen LogP contribution < -0.4 is 0 Å². The minimum absolute atomic E-state index is 1.12. The van der Waals surface area contributed by atoms with Gasteiger partial charge in [-0.25, -0.2) is 0 Å². The molecule has 0 nitrogen and oxygen atoms in total. The van der Waals surface area contributed by atoms with Gasteiger partial charge in [0.15, 0.2) is 0 Å². The Hall–Kier alpha value is 0.636. The standard InChI is InChI=1S/C7H13.Ga.2H/c1-2-7-5-3-4-6-7;;;/h7H,1-6H2;;;. The van der Waals surface area contributed by atoms with Gasteiger partial charge in [-0.15, -0.1) is 0 Å². The zero-order valence-corrected chi connectivity index (χ0v) is 10.0. The normalized spacial score (nSPS) is 22.0. The van der Waals surface area contributed by atoms with Crippen molar-refractivity contribution in [3.63, 3.8) is 0 Å². The Bertz CT molecular complexity index is 55.4. The first-order chi connectivity index (χ1) is 3.93. The molecular formula is C7H15Ga. The Kier molecular flexibility index (Phi) is 3.06. The van der Waals surface area contributed by atoms with Crippen LogP contribution in [0.2, 0.25) is 4.98 Å². The molecule has 1 rings (SSSR count). The fraction of sp³-hybridized carbons (Fsp3) is 1.00. The fourth-order valence-corrected chi connectivity index (χ4v) is 3.42. The van der Waals surface area contributed by atoms with Gasteiger partial charge in [-0.2, -0.15) is 0 Å². The summed E-state index contributed by atoms with van der Waals surface area (Å²) in [4.78, 5) is 1.58. The summed E-state index contributed by atoms with van der Waals surface area (Å²) in [5, 5.41) is 0. The van der Waals surface area contributed by atoms with E-state index in [4.69, 9.17) is 0 Å². The second-order valence-corrected chi connectivity index (χ2v) is 5.04. The molecule has 0 aromatic rings. The first kappa shape index (κ1) is 6.75. The topological polar surface area (TPSA) is 0 Å². The van der Waals surface area contributed by atoms with Gasteiger partial charge in [-0.3, -0.25) is 0 Å². The molecule has 0 radical (unpaired) electrons. The Morgan fingerprint density at radius 3 is 2.38 bits per heavy atom. The van der Waals surface area contributed by atoms with E-state index in [-0.39, 0.29) is 0 Å². The third-order valence-corrected chi connectivity index (χ3v) is 3.38. The van der Waals surface area contributed by atoms with Gasteiger partial charge in [0.1, 0.15) is 0 Å². The van der Waals surface area contributed by atoms with Crippen LogP contribution in [0.4, 0.5) is 0 Å². The Morgan fingerprint density at radius 2 is 1.88 bits per heavy atom. The molecule has 1 saturated carbocycles. The van der Waals surface area contributed by atoms with E-state index < -0.39 is 0 Å². The van der Waals surface area contributed by atoms with E-state index in [1.807, 2.05) is 0 Å². The van der Waals surface area contributed by atoms with Crippen molar-refractivity contribution in [3.8, 4) is 0 Å². The molecule has 0 aliphatic heterocycles. The van der Waals surface area contributed by atoms with Crippen LogP contribution in [0.25, 0.3) is 0 Å². The summed E-state index contributed by atoms with van der Waals surface area (Å²) in [5.74, 6) is 1.16. The molecule has 46 valence electrons. The van der Waals surface area contributed by atoms with Crippen LogP contribution in [0.3, 0.4) is 0 Å². The molecule has 1 heteroatoms. The van der Waals surface area contributed by atoms with Crippen molar-refractivity contribution in [2.24, 2.45) is 5.92 Å². The summed E-state index contributed by atoms with van der Waals surface area (Å²) in [7, 11) is 0. The minimum atomic E-state index is 1.12. The second-order valence-electron chi connectivity index (χ2n) is 2.94. The molecule has 0 aromatic heterocycles. The van der Waals surface area contributed by atoms with E-state index >= 15 is 0 Å². The zero-order valence-electron chi connectivity index (χ0n) is 5.82. The van der Waals surface area contributed by atoms with Gasteiger partial charge in [-0.1, -0.05) is 0 Å². The first-order valence-corrected chi connectivity index (χ1v) is 6.90. The van der Waals surface area contributed by atoms with E-state index in [9.17, 15) is 0 Å². The van der Waals surface area contributed by atoms with E-state index in [1.54, 1.807) is 24.2 Å². The molecular weight excluding hydrogens is 154 g/mol. The first-order valence-electron chi connectivity index (χ1n) is 3.93. The maximum absolute atomic E-state index is 1.58. The molecule has 0 N–H and O–H groups in total. The predicted octanol–water partition coefficient (Wildman–Crippen LogP) is 1.62. The van der Waals surface area contributed by atoms with Gasteiger partial charge in [0, 0.05) is 0 Å². The molecule has 1 fully saturated rings. The van der Waals surface area contributed by atoms with Crippen LogP contribution in [-0.2, 0) is 0 Å². The molecule has 0 bridgehead atoms. The predicted molar refractivity (Wildman–Crippen MR) is 39.9 cm³/mol. The van der Waals surface area contributed by atoms with Crippen LogP contribution in [0.15, 0.2) is 0 Å². The van der Waals surface area contributed by atoms with Crippen LogP contribution in [-0.4, -0.2) is 18.6 Å². The fourth-order valence-electron chi connectivity index (χ4n) is 1.71. The summed E-state index contributed by atoms with van der Waals surface area (Å²) < 4.78 is 0. The molecule has 0 saturated heterocycles. The summed E-state index contributed by atoms with van der Waals surface area (Å²) in [6.07, 6.45) is 7.72. The SMILES string of the molecule is [GaH2][CH2]CC1CCCC1. The molecule has 1 aliphatic carbocycles. The summed E-state index contributed by atoms with van der Waals surface area (Å²) in [5.41, 5.74) is 0. The van der Waals surface area contributed by atoms with Crippen LogP contribution in [0.5, 0.6) is 0 Å². The van der Waals surface area contributed by atoms with Gasteiger partial charge in [0.2, 0.25) is 0 Å². The summed E-state index contributed by atoms with van der Waals surface area (Å²) in [6, 6.07) is 0. The Morgan fingerprint density at radius 1 is 1.25 bits per heavy atom. The van der Waals surface area contributed by atoms with Crippen molar-refractivity contribution in [1.29, 1.82) is 0 Å². The summed E-state index contributed by atoms with van der Waals surface area (Å²) in [6.45, 7) is 0. The van der Waals surface area contributed by atoms with Crippen molar-refractivity contribution in [2.75, 3.05) is 0 Å². The quantitative estimate of drug-likeness (QED) is 0.551. The Labute approximate surface area is 62.0 Å². The third-order valence-electron chi connectivity index (χ3n) is 2.17. The van der Waals surface area contributed by atoms with Crippen molar-refractivity contribution in [2.45, 2.75) is 37.1 Å². The van der Waals surface area contributed by atoms with Gasteiger partial charge < -0.3 is 0 Å². The average Bonchev–Trinajstić information content (AvgIpc) is 2.19. The Balaban J connectivity index is 2.06. The van der Waals surface area contributed by atoms with Gasteiger partial charge in [-0.05, 0) is 0 Å². The average molecular weight is 169 g/mol. The molecule has 8 heavy (non-hydrogen) atoms. The zero-order chi connectivity index (χ0) is 5.82. The molecule has 0 heterocycles. The van der Waals surface area contributed by atoms with Crippen LogP contribution in [0.1, 0.15) is 32.1 Å². The van der Waals surface area contributed by atoms with E-state index in [0.717, 1.165) is 24.5 Å². The van der Waals surface area contributed by atoms with Gasteiger partial charge in [0.25, 0.3) is 0 Å². The summed E-state index contributed by atoms with van der Waals surface area (Å²) >= 11 is 1.12. The monoisotopic (exact) mass is 168 g/mol. The van der Waals surface area contributed by atoms with Crippen LogP contribution >= 0.6 is 0 Å². The molecule has 0 spiro atoms. The number of hydrogen-bond acceptors (Lipinski definition) is 0. The molecule has 0 aromatic carbocycles. The van der Waals surface area contributed by atoms with E-state index in [2.05, 4.69) is 0 Å². The van der Waals surface area contributed by atoms with Gasteiger partial charge in [0.05, 0.1) is 0 Å². The molecule has 0 atom stereocenters. The molecule has 0 amide bonds.